The molecule has 1 aromatic carbocycles. The summed E-state index contributed by atoms with van der Waals surface area (Å²) in [6.07, 6.45) is 2.52. The monoisotopic (exact) mass is 317 g/mol. The van der Waals surface area contributed by atoms with Gasteiger partial charge in [-0.15, -0.1) is 0 Å². The van der Waals surface area contributed by atoms with Crippen LogP contribution in [-0.2, 0) is 0 Å². The van der Waals surface area contributed by atoms with Crippen molar-refractivity contribution >= 4 is 23.0 Å². The zero-order valence-electron chi connectivity index (χ0n) is 12.0. The molecule has 0 saturated carbocycles. The molecule has 0 bridgehead atoms. The van der Waals surface area contributed by atoms with Crippen molar-refractivity contribution in [3.05, 3.63) is 23.2 Å². The van der Waals surface area contributed by atoms with Gasteiger partial charge in [0.2, 0.25) is 5.71 Å². The SMILES string of the molecule is N#CC(C#N)=NNc1ccc(OCCN2CCCC2)c(Cl)c1. The van der Waals surface area contributed by atoms with Crippen LogP contribution in [0.1, 0.15) is 12.8 Å². The van der Waals surface area contributed by atoms with E-state index in [1.54, 1.807) is 30.3 Å². The zero-order chi connectivity index (χ0) is 15.8. The van der Waals surface area contributed by atoms with Gasteiger partial charge >= 0.3 is 0 Å². The summed E-state index contributed by atoms with van der Waals surface area (Å²) < 4.78 is 5.68. The van der Waals surface area contributed by atoms with Crippen molar-refractivity contribution in [2.45, 2.75) is 12.8 Å². The Hall–Kier alpha value is -2.28. The van der Waals surface area contributed by atoms with E-state index >= 15 is 0 Å². The second kappa shape index (κ2) is 8.23. The van der Waals surface area contributed by atoms with E-state index in [1.807, 2.05) is 0 Å². The van der Waals surface area contributed by atoms with E-state index in [0.29, 0.717) is 23.1 Å². The molecule has 1 saturated heterocycles. The Morgan fingerprint density at radius 3 is 2.68 bits per heavy atom. The molecule has 1 fully saturated rings. The molecule has 1 heterocycles. The summed E-state index contributed by atoms with van der Waals surface area (Å²) in [4.78, 5) is 2.36. The Labute approximate surface area is 134 Å². The first-order valence-electron chi connectivity index (χ1n) is 7.01. The van der Waals surface area contributed by atoms with Crippen LogP contribution >= 0.6 is 11.6 Å². The number of halogens is 1. The van der Waals surface area contributed by atoms with Crippen molar-refractivity contribution in [1.82, 2.24) is 4.90 Å². The Balaban J connectivity index is 1.88. The summed E-state index contributed by atoms with van der Waals surface area (Å²) in [5, 5.41) is 21.3. The van der Waals surface area contributed by atoms with Crippen molar-refractivity contribution < 1.29 is 4.74 Å². The Kier molecular flexibility index (Phi) is 6.02. The van der Waals surface area contributed by atoms with Crippen LogP contribution in [0.4, 0.5) is 5.69 Å². The van der Waals surface area contributed by atoms with E-state index in [4.69, 9.17) is 26.9 Å². The molecule has 0 radical (unpaired) electrons. The first-order chi connectivity index (χ1) is 10.7. The van der Waals surface area contributed by atoms with Crippen LogP contribution in [0.15, 0.2) is 23.3 Å². The van der Waals surface area contributed by atoms with Gasteiger partial charge in [0.15, 0.2) is 0 Å². The minimum atomic E-state index is -0.248. The molecule has 0 aliphatic carbocycles. The topological polar surface area (TPSA) is 84.4 Å². The predicted octanol–water partition coefficient (Wildman–Crippen LogP) is 2.63. The summed E-state index contributed by atoms with van der Waals surface area (Å²) in [5.74, 6) is 0.608. The highest BCUT2D eigenvalue weighted by atomic mass is 35.5. The fourth-order valence-corrected chi connectivity index (χ4v) is 2.41. The van der Waals surface area contributed by atoms with Gasteiger partial charge in [-0.3, -0.25) is 10.3 Å². The molecule has 0 atom stereocenters. The van der Waals surface area contributed by atoms with E-state index in [-0.39, 0.29) is 5.71 Å². The molecule has 0 amide bonds. The highest BCUT2D eigenvalue weighted by Crippen LogP contribution is 2.27. The summed E-state index contributed by atoms with van der Waals surface area (Å²) in [6.45, 7) is 3.77. The zero-order valence-corrected chi connectivity index (χ0v) is 12.8. The van der Waals surface area contributed by atoms with Crippen LogP contribution in [0.25, 0.3) is 0 Å². The van der Waals surface area contributed by atoms with Crippen LogP contribution in [0, 0.1) is 22.7 Å². The second-order valence-electron chi connectivity index (χ2n) is 4.84. The third-order valence-corrected chi connectivity index (χ3v) is 3.60. The van der Waals surface area contributed by atoms with Gasteiger partial charge in [0.1, 0.15) is 24.5 Å². The number of nitriles is 2. The largest absolute Gasteiger partial charge is 0.491 e. The molecule has 0 unspecified atom stereocenters. The number of rotatable bonds is 6. The number of hydrazone groups is 1. The predicted molar refractivity (Wildman–Crippen MR) is 84.9 cm³/mol. The minimum Gasteiger partial charge on any atom is -0.491 e. The molecule has 0 aromatic heterocycles. The molecule has 1 aromatic rings. The van der Waals surface area contributed by atoms with Gasteiger partial charge < -0.3 is 4.74 Å². The first kappa shape index (κ1) is 16.1. The number of hydrogen-bond donors (Lipinski definition) is 1. The smallest absolute Gasteiger partial charge is 0.237 e. The van der Waals surface area contributed by atoms with Gasteiger partial charge in [-0.05, 0) is 44.1 Å². The molecular formula is C15H16ClN5O. The van der Waals surface area contributed by atoms with Crippen LogP contribution < -0.4 is 10.2 Å². The Bertz CT molecular complexity index is 610. The van der Waals surface area contributed by atoms with Crippen molar-refractivity contribution in [1.29, 1.82) is 10.5 Å². The van der Waals surface area contributed by atoms with E-state index in [2.05, 4.69) is 15.4 Å². The fraction of sp³-hybridized carbons (Fsp3) is 0.400. The summed E-state index contributed by atoms with van der Waals surface area (Å²) in [6, 6.07) is 8.44. The number of hydrogen-bond acceptors (Lipinski definition) is 6. The summed E-state index contributed by atoms with van der Waals surface area (Å²) in [5.41, 5.74) is 2.95. The van der Waals surface area contributed by atoms with E-state index in [9.17, 15) is 0 Å². The first-order valence-corrected chi connectivity index (χ1v) is 7.39. The number of benzene rings is 1. The molecule has 0 spiro atoms. The maximum absolute atomic E-state index is 8.60. The lowest BCUT2D eigenvalue weighted by molar-refractivity contribution is 0.238. The highest BCUT2D eigenvalue weighted by molar-refractivity contribution is 6.32. The van der Waals surface area contributed by atoms with Crippen LogP contribution in [-0.4, -0.2) is 36.9 Å². The number of ether oxygens (including phenoxy) is 1. The maximum atomic E-state index is 8.60. The lowest BCUT2D eigenvalue weighted by Gasteiger charge is -2.15. The number of anilines is 1. The van der Waals surface area contributed by atoms with Gasteiger partial charge in [0.05, 0.1) is 10.7 Å². The van der Waals surface area contributed by atoms with Crippen LogP contribution in [0.3, 0.4) is 0 Å². The van der Waals surface area contributed by atoms with E-state index in [0.717, 1.165) is 19.6 Å². The average Bonchev–Trinajstić information content (AvgIpc) is 3.03. The Morgan fingerprint density at radius 1 is 1.32 bits per heavy atom. The standard InChI is InChI=1S/C15H16ClN5O/c16-14-9-12(19-20-13(10-17)11-18)3-4-15(14)22-8-7-21-5-1-2-6-21/h3-4,9,19H,1-2,5-8H2. The molecule has 1 aliphatic heterocycles. The third kappa shape index (κ3) is 4.63. The quantitative estimate of drug-likeness (QED) is 0.644. The van der Waals surface area contributed by atoms with Crippen molar-refractivity contribution in [2.24, 2.45) is 5.10 Å². The molecular weight excluding hydrogens is 302 g/mol. The number of nitrogens with zero attached hydrogens (tertiary/aromatic N) is 4. The number of nitrogens with one attached hydrogen (secondary N) is 1. The van der Waals surface area contributed by atoms with Crippen LogP contribution in [0.5, 0.6) is 5.75 Å². The van der Waals surface area contributed by atoms with Gasteiger partial charge in [-0.2, -0.15) is 15.6 Å². The molecule has 2 rings (SSSR count). The van der Waals surface area contributed by atoms with Gasteiger partial charge in [-0.25, -0.2) is 0 Å². The van der Waals surface area contributed by atoms with Gasteiger partial charge in [0.25, 0.3) is 0 Å². The van der Waals surface area contributed by atoms with E-state index < -0.39 is 0 Å². The number of likely N-dealkylation sites (tertiary alicyclic amines) is 1. The van der Waals surface area contributed by atoms with Crippen molar-refractivity contribution in [3.63, 3.8) is 0 Å². The van der Waals surface area contributed by atoms with Crippen molar-refractivity contribution in [2.75, 3.05) is 31.7 Å². The van der Waals surface area contributed by atoms with Crippen molar-refractivity contribution in [3.8, 4) is 17.9 Å². The van der Waals surface area contributed by atoms with Gasteiger partial charge in [0, 0.05) is 6.54 Å². The lowest BCUT2D eigenvalue weighted by Crippen LogP contribution is -2.25. The van der Waals surface area contributed by atoms with Crippen LogP contribution in [0.2, 0.25) is 5.02 Å². The molecule has 7 heteroatoms. The lowest BCUT2D eigenvalue weighted by atomic mass is 10.3. The Morgan fingerprint density at radius 2 is 2.05 bits per heavy atom. The molecule has 1 N–H and O–H groups in total. The molecule has 114 valence electrons. The second-order valence-corrected chi connectivity index (χ2v) is 5.25. The minimum absolute atomic E-state index is 0.248. The summed E-state index contributed by atoms with van der Waals surface area (Å²) in [7, 11) is 0. The normalized spacial score (nSPS) is 14.0. The fourth-order valence-electron chi connectivity index (χ4n) is 2.17. The molecule has 22 heavy (non-hydrogen) atoms. The third-order valence-electron chi connectivity index (χ3n) is 3.30. The molecule has 6 nitrogen and oxygen atoms in total. The molecule has 1 aliphatic rings. The highest BCUT2D eigenvalue weighted by Gasteiger charge is 2.11. The summed E-state index contributed by atoms with van der Waals surface area (Å²) >= 11 is 6.15. The van der Waals surface area contributed by atoms with E-state index in [1.165, 1.54) is 12.8 Å². The van der Waals surface area contributed by atoms with Gasteiger partial charge in [-0.1, -0.05) is 11.6 Å². The maximum Gasteiger partial charge on any atom is 0.237 e. The average molecular weight is 318 g/mol.